The number of benzene rings is 2. The molecule has 1 fully saturated rings. The van der Waals surface area contributed by atoms with Gasteiger partial charge in [-0.3, -0.25) is 0 Å². The lowest BCUT2D eigenvalue weighted by molar-refractivity contribution is -0.101. The number of cyclic esters (lactones) is 1. The zero-order valence-corrected chi connectivity index (χ0v) is 21.8. The third-order valence-corrected chi connectivity index (χ3v) is 6.80. The molecule has 0 bridgehead atoms. The van der Waals surface area contributed by atoms with E-state index in [2.05, 4.69) is 35.3 Å². The summed E-state index contributed by atoms with van der Waals surface area (Å²) in [4.78, 5) is 19.5. The maximum Gasteiger partial charge on any atom is 0.411 e. The summed E-state index contributed by atoms with van der Waals surface area (Å²) in [5, 5.41) is 10.6. The van der Waals surface area contributed by atoms with Crippen LogP contribution in [0.4, 0.5) is 4.79 Å². The molecule has 0 radical (unpaired) electrons. The fourth-order valence-electron chi connectivity index (χ4n) is 5.03. The lowest BCUT2D eigenvalue weighted by Crippen LogP contribution is -2.51. The fourth-order valence-corrected chi connectivity index (χ4v) is 5.03. The largest absolute Gasteiger partial charge is 0.478 e. The summed E-state index contributed by atoms with van der Waals surface area (Å²) in [6.07, 6.45) is 2.40. The topological polar surface area (TPSA) is 71.9 Å². The molecule has 2 heterocycles. The van der Waals surface area contributed by atoms with Gasteiger partial charge in [0.15, 0.2) is 0 Å². The van der Waals surface area contributed by atoms with Crippen LogP contribution < -0.4 is 4.74 Å². The number of nitrogens with zero attached hydrogens (tertiary/aromatic N) is 2. The Morgan fingerprint density at radius 2 is 1.83 bits per heavy atom. The molecule has 4 rings (SSSR count). The second-order valence-electron chi connectivity index (χ2n) is 10.2. The first-order valence-electron chi connectivity index (χ1n) is 12.6. The van der Waals surface area contributed by atoms with Gasteiger partial charge in [-0.2, -0.15) is 0 Å². The van der Waals surface area contributed by atoms with E-state index in [4.69, 9.17) is 9.47 Å². The standard InChI is InChI=1S/C30H36N2O4/c1-6-35-27-21(2)18-25(19-31-27)24-14-12-23(13-15-24)22(3)32-17-16-30(36-28(32)33,20-29(4,5)34)26-10-8-7-9-11-26/h7-15,18-19,22,34H,6,16-17,20H2,1-5H3/t22-,30-/m0/s1. The number of carbonyl (C=O) groups excluding carboxylic acids is 1. The lowest BCUT2D eigenvalue weighted by Gasteiger charge is -2.45. The van der Waals surface area contributed by atoms with Crippen LogP contribution in [-0.2, 0) is 10.3 Å². The second kappa shape index (κ2) is 10.3. The van der Waals surface area contributed by atoms with E-state index in [0.29, 0.717) is 31.9 Å². The van der Waals surface area contributed by atoms with Crippen molar-refractivity contribution in [3.63, 3.8) is 0 Å². The van der Waals surface area contributed by atoms with E-state index in [1.165, 1.54) is 0 Å². The molecule has 0 saturated carbocycles. The van der Waals surface area contributed by atoms with Crippen LogP contribution in [0, 0.1) is 6.92 Å². The zero-order chi connectivity index (χ0) is 25.9. The summed E-state index contributed by atoms with van der Waals surface area (Å²) in [5.74, 6) is 0.659. The highest BCUT2D eigenvalue weighted by Crippen LogP contribution is 2.42. The van der Waals surface area contributed by atoms with Crippen LogP contribution in [0.3, 0.4) is 0 Å². The zero-order valence-electron chi connectivity index (χ0n) is 21.8. The van der Waals surface area contributed by atoms with Gasteiger partial charge in [-0.05, 0) is 57.4 Å². The van der Waals surface area contributed by atoms with Crippen LogP contribution in [0.1, 0.15) is 63.3 Å². The van der Waals surface area contributed by atoms with E-state index >= 15 is 0 Å². The molecule has 6 nitrogen and oxygen atoms in total. The van der Waals surface area contributed by atoms with Crippen molar-refractivity contribution in [2.75, 3.05) is 13.2 Å². The highest BCUT2D eigenvalue weighted by Gasteiger charge is 2.46. The Hall–Kier alpha value is -3.38. The molecule has 0 spiro atoms. The molecule has 1 aliphatic rings. The van der Waals surface area contributed by atoms with Crippen LogP contribution >= 0.6 is 0 Å². The average Bonchev–Trinajstić information content (AvgIpc) is 2.85. The Balaban J connectivity index is 1.51. The first-order valence-corrected chi connectivity index (χ1v) is 12.6. The van der Waals surface area contributed by atoms with Gasteiger partial charge in [-0.15, -0.1) is 0 Å². The van der Waals surface area contributed by atoms with Gasteiger partial charge in [0.1, 0.15) is 5.60 Å². The number of aliphatic hydroxyl groups is 1. The highest BCUT2D eigenvalue weighted by molar-refractivity contribution is 5.70. The molecule has 6 heteroatoms. The van der Waals surface area contributed by atoms with Crippen LogP contribution in [0.15, 0.2) is 66.9 Å². The van der Waals surface area contributed by atoms with E-state index in [1.807, 2.05) is 57.3 Å². The molecule has 1 N–H and O–H groups in total. The number of carbonyl (C=O) groups is 1. The maximum atomic E-state index is 13.3. The van der Waals surface area contributed by atoms with Crippen LogP contribution in [0.25, 0.3) is 11.1 Å². The monoisotopic (exact) mass is 488 g/mol. The van der Waals surface area contributed by atoms with E-state index in [0.717, 1.165) is 27.8 Å². The van der Waals surface area contributed by atoms with E-state index in [1.54, 1.807) is 18.7 Å². The van der Waals surface area contributed by atoms with Crippen molar-refractivity contribution in [1.82, 2.24) is 9.88 Å². The molecule has 1 saturated heterocycles. The molecule has 1 amide bonds. The normalized spacial score (nSPS) is 19.1. The SMILES string of the molecule is CCOc1ncc(-c2ccc([C@H](C)N3CC[C@](CC(C)(C)O)(c4ccccc4)OC3=O)cc2)cc1C. The third kappa shape index (κ3) is 5.54. The summed E-state index contributed by atoms with van der Waals surface area (Å²) < 4.78 is 11.7. The van der Waals surface area contributed by atoms with Crippen molar-refractivity contribution < 1.29 is 19.4 Å². The maximum absolute atomic E-state index is 13.3. The molecule has 190 valence electrons. The van der Waals surface area contributed by atoms with Gasteiger partial charge in [0.25, 0.3) is 0 Å². The summed E-state index contributed by atoms with van der Waals surface area (Å²) in [5.41, 5.74) is 3.18. The Kier molecular flexibility index (Phi) is 7.36. The van der Waals surface area contributed by atoms with Gasteiger partial charge in [-0.1, -0.05) is 54.6 Å². The van der Waals surface area contributed by atoms with Gasteiger partial charge in [0.2, 0.25) is 5.88 Å². The number of aromatic nitrogens is 1. The quantitative estimate of drug-likeness (QED) is 0.396. The molecule has 0 aliphatic carbocycles. The number of aryl methyl sites for hydroxylation is 1. The summed E-state index contributed by atoms with van der Waals surface area (Å²) in [6.45, 7) is 10.6. The Morgan fingerprint density at radius 1 is 1.14 bits per heavy atom. The van der Waals surface area contributed by atoms with Crippen molar-refractivity contribution >= 4 is 6.09 Å². The highest BCUT2D eigenvalue weighted by atomic mass is 16.6. The van der Waals surface area contributed by atoms with E-state index in [-0.39, 0.29) is 12.1 Å². The third-order valence-electron chi connectivity index (χ3n) is 6.80. The molecule has 36 heavy (non-hydrogen) atoms. The fraction of sp³-hybridized carbons (Fsp3) is 0.400. The van der Waals surface area contributed by atoms with E-state index in [9.17, 15) is 9.90 Å². The van der Waals surface area contributed by atoms with Crippen LogP contribution in [-0.4, -0.2) is 39.8 Å². The number of hydrogen-bond acceptors (Lipinski definition) is 5. The number of rotatable bonds is 8. The molecule has 1 aliphatic heterocycles. The lowest BCUT2D eigenvalue weighted by atomic mass is 9.80. The molecular formula is C30H36N2O4. The average molecular weight is 489 g/mol. The first-order chi connectivity index (χ1) is 17.1. The first kappa shape index (κ1) is 25.7. The van der Waals surface area contributed by atoms with Crippen molar-refractivity contribution in [1.29, 1.82) is 0 Å². The summed E-state index contributed by atoms with van der Waals surface area (Å²) in [7, 11) is 0. The molecule has 1 aromatic heterocycles. The molecule has 2 aromatic carbocycles. The number of amides is 1. The predicted octanol–water partition coefficient (Wildman–Crippen LogP) is 6.42. The molecular weight excluding hydrogens is 452 g/mol. The van der Waals surface area contributed by atoms with E-state index < -0.39 is 11.2 Å². The van der Waals surface area contributed by atoms with Crippen molar-refractivity contribution in [2.45, 2.75) is 64.7 Å². The van der Waals surface area contributed by atoms with Crippen LogP contribution in [0.5, 0.6) is 5.88 Å². The molecule has 3 aromatic rings. The van der Waals surface area contributed by atoms with Gasteiger partial charge in [0.05, 0.1) is 18.2 Å². The Morgan fingerprint density at radius 3 is 2.42 bits per heavy atom. The van der Waals surface area contributed by atoms with Crippen molar-refractivity contribution in [2.24, 2.45) is 0 Å². The minimum absolute atomic E-state index is 0.150. The summed E-state index contributed by atoms with van der Waals surface area (Å²) >= 11 is 0. The number of ether oxygens (including phenoxy) is 2. The molecule has 2 atom stereocenters. The minimum Gasteiger partial charge on any atom is -0.478 e. The van der Waals surface area contributed by atoms with Gasteiger partial charge < -0.3 is 19.5 Å². The Bertz CT molecular complexity index is 1190. The number of hydrogen-bond donors (Lipinski definition) is 1. The summed E-state index contributed by atoms with van der Waals surface area (Å²) in [6, 6.07) is 19.9. The number of pyridine rings is 1. The predicted molar refractivity (Wildman–Crippen MR) is 141 cm³/mol. The smallest absolute Gasteiger partial charge is 0.411 e. The van der Waals surface area contributed by atoms with Crippen LogP contribution in [0.2, 0.25) is 0 Å². The second-order valence-corrected chi connectivity index (χ2v) is 10.2. The van der Waals surface area contributed by atoms with Crippen molar-refractivity contribution in [3.05, 3.63) is 83.6 Å². The van der Waals surface area contributed by atoms with Gasteiger partial charge >= 0.3 is 6.09 Å². The van der Waals surface area contributed by atoms with Crippen molar-refractivity contribution in [3.8, 4) is 17.0 Å². The molecule has 0 unspecified atom stereocenters. The van der Waals surface area contributed by atoms with Gasteiger partial charge in [0, 0.05) is 36.7 Å². The van der Waals surface area contributed by atoms with Gasteiger partial charge in [-0.25, -0.2) is 9.78 Å². The Labute approximate surface area is 213 Å². The minimum atomic E-state index is -0.978.